The van der Waals surface area contributed by atoms with Crippen molar-refractivity contribution in [3.8, 4) is 17.1 Å². The molecule has 1 N–H and O–H groups in total. The monoisotopic (exact) mass is 337 g/mol. The fourth-order valence-electron chi connectivity index (χ4n) is 1.87. The van der Waals surface area contributed by atoms with Crippen molar-refractivity contribution in [1.82, 2.24) is 15.0 Å². The molecule has 96 valence electrons. The van der Waals surface area contributed by atoms with E-state index in [1.54, 1.807) is 19.4 Å². The number of halogens is 2. The van der Waals surface area contributed by atoms with Crippen molar-refractivity contribution in [2.24, 2.45) is 0 Å². The smallest absolute Gasteiger partial charge is 0.178 e. The van der Waals surface area contributed by atoms with Gasteiger partial charge in [0.2, 0.25) is 0 Å². The first-order valence-corrected chi connectivity index (χ1v) is 6.69. The lowest BCUT2D eigenvalue weighted by Gasteiger charge is -2.05. The zero-order valence-corrected chi connectivity index (χ0v) is 12.3. The van der Waals surface area contributed by atoms with Crippen LogP contribution in [0.5, 0.6) is 5.75 Å². The maximum Gasteiger partial charge on any atom is 0.178 e. The van der Waals surface area contributed by atoms with E-state index in [1.165, 1.54) is 0 Å². The zero-order chi connectivity index (χ0) is 13.4. The third-order valence-electron chi connectivity index (χ3n) is 2.72. The van der Waals surface area contributed by atoms with Crippen molar-refractivity contribution in [2.45, 2.75) is 0 Å². The lowest BCUT2D eigenvalue weighted by molar-refractivity contribution is 0.416. The van der Waals surface area contributed by atoms with E-state index in [-0.39, 0.29) is 0 Å². The van der Waals surface area contributed by atoms with E-state index in [1.807, 2.05) is 18.2 Å². The van der Waals surface area contributed by atoms with Crippen LogP contribution in [0, 0.1) is 0 Å². The number of rotatable bonds is 2. The number of methoxy groups -OCH3 is 1. The minimum absolute atomic E-state index is 0.630. The van der Waals surface area contributed by atoms with Gasteiger partial charge in [0.1, 0.15) is 11.6 Å². The Hall–Kier alpha value is -1.59. The summed E-state index contributed by atoms with van der Waals surface area (Å²) in [6.07, 6.45) is 1.71. The van der Waals surface area contributed by atoms with Crippen LogP contribution in [0.25, 0.3) is 22.6 Å². The van der Waals surface area contributed by atoms with Crippen LogP contribution in [-0.2, 0) is 0 Å². The molecule has 19 heavy (non-hydrogen) atoms. The molecule has 6 heteroatoms. The zero-order valence-electron chi connectivity index (χ0n) is 9.95. The molecule has 0 spiro atoms. The Bertz CT molecular complexity index is 757. The van der Waals surface area contributed by atoms with Crippen molar-refractivity contribution in [2.75, 3.05) is 7.11 Å². The Morgan fingerprint density at radius 3 is 2.95 bits per heavy atom. The van der Waals surface area contributed by atoms with Gasteiger partial charge in [-0.15, -0.1) is 0 Å². The number of hydrogen-bond acceptors (Lipinski definition) is 3. The maximum atomic E-state index is 6.03. The lowest BCUT2D eigenvalue weighted by Crippen LogP contribution is -1.89. The van der Waals surface area contributed by atoms with Gasteiger partial charge in [-0.2, -0.15) is 0 Å². The lowest BCUT2D eigenvalue weighted by atomic mass is 10.2. The third kappa shape index (κ3) is 2.31. The number of nitrogens with one attached hydrogen (secondary N) is 1. The van der Waals surface area contributed by atoms with Crippen LogP contribution in [0.1, 0.15) is 0 Å². The predicted molar refractivity (Wildman–Crippen MR) is 78.6 cm³/mol. The summed E-state index contributed by atoms with van der Waals surface area (Å²) in [6.45, 7) is 0. The molecule has 0 unspecified atom stereocenters. The molecule has 2 aromatic heterocycles. The number of aromatic nitrogens is 3. The van der Waals surface area contributed by atoms with Crippen LogP contribution in [0.3, 0.4) is 0 Å². The van der Waals surface area contributed by atoms with E-state index in [2.05, 4.69) is 30.9 Å². The first kappa shape index (κ1) is 12.4. The van der Waals surface area contributed by atoms with Crippen LogP contribution >= 0.6 is 27.5 Å². The predicted octanol–water partition coefficient (Wildman–Crippen LogP) is 4.05. The molecule has 0 atom stereocenters. The number of nitrogens with zero attached hydrogens (tertiary/aromatic N) is 2. The second-order valence-electron chi connectivity index (χ2n) is 3.95. The molecule has 1 aromatic carbocycles. The normalized spacial score (nSPS) is 10.9. The summed E-state index contributed by atoms with van der Waals surface area (Å²) in [6, 6.07) is 7.33. The number of aromatic amines is 1. The minimum Gasteiger partial charge on any atom is -0.496 e. The van der Waals surface area contributed by atoms with Crippen LogP contribution in [0.4, 0.5) is 0 Å². The molecule has 0 amide bonds. The van der Waals surface area contributed by atoms with E-state index >= 15 is 0 Å². The second kappa shape index (κ2) is 4.83. The first-order valence-electron chi connectivity index (χ1n) is 5.52. The number of hydrogen-bond donors (Lipinski definition) is 1. The Morgan fingerprint density at radius 1 is 1.32 bits per heavy atom. The van der Waals surface area contributed by atoms with Crippen molar-refractivity contribution in [3.63, 3.8) is 0 Å². The van der Waals surface area contributed by atoms with Gasteiger partial charge < -0.3 is 9.72 Å². The van der Waals surface area contributed by atoms with Gasteiger partial charge in [-0.05, 0) is 40.2 Å². The molecule has 0 saturated carbocycles. The van der Waals surface area contributed by atoms with Gasteiger partial charge in [0.05, 0.1) is 18.2 Å². The van der Waals surface area contributed by atoms with Crippen LogP contribution in [-0.4, -0.2) is 22.1 Å². The van der Waals surface area contributed by atoms with Gasteiger partial charge >= 0.3 is 0 Å². The summed E-state index contributed by atoms with van der Waals surface area (Å²) < 4.78 is 6.22. The largest absolute Gasteiger partial charge is 0.496 e. The molecule has 3 rings (SSSR count). The average Bonchev–Trinajstić information content (AvgIpc) is 2.81. The quantitative estimate of drug-likeness (QED) is 0.767. The summed E-state index contributed by atoms with van der Waals surface area (Å²) in [7, 11) is 1.62. The molecule has 4 nitrogen and oxygen atoms in total. The Morgan fingerprint density at radius 2 is 2.16 bits per heavy atom. The molecule has 3 aromatic rings. The fourth-order valence-corrected chi connectivity index (χ4v) is 2.37. The highest BCUT2D eigenvalue weighted by Crippen LogP contribution is 2.31. The van der Waals surface area contributed by atoms with Crippen LogP contribution in [0.2, 0.25) is 5.02 Å². The van der Waals surface area contributed by atoms with Gasteiger partial charge in [0.25, 0.3) is 0 Å². The number of benzene rings is 1. The third-order valence-corrected chi connectivity index (χ3v) is 3.39. The Balaban J connectivity index is 2.21. The molecule has 0 radical (unpaired) electrons. The fraction of sp³-hybridized carbons (Fsp3) is 0.0769. The summed E-state index contributed by atoms with van der Waals surface area (Å²) in [5, 5.41) is 0.630. The number of fused-ring (bicyclic) bond motifs is 1. The summed E-state index contributed by atoms with van der Waals surface area (Å²) in [5.41, 5.74) is 2.32. The molecular formula is C13H9BrClN3O. The van der Waals surface area contributed by atoms with Crippen LogP contribution < -0.4 is 4.74 Å². The van der Waals surface area contributed by atoms with E-state index in [0.717, 1.165) is 15.6 Å². The second-order valence-corrected chi connectivity index (χ2v) is 5.31. The van der Waals surface area contributed by atoms with Crippen molar-refractivity contribution >= 4 is 38.7 Å². The molecule has 2 heterocycles. The van der Waals surface area contributed by atoms with E-state index < -0.39 is 0 Å². The topological polar surface area (TPSA) is 50.8 Å². The average molecular weight is 339 g/mol. The number of H-pyrrole nitrogens is 1. The first-order chi connectivity index (χ1) is 9.17. The molecule has 0 aliphatic rings. The van der Waals surface area contributed by atoms with Crippen molar-refractivity contribution in [3.05, 3.63) is 40.0 Å². The van der Waals surface area contributed by atoms with Crippen molar-refractivity contribution < 1.29 is 4.74 Å². The molecule has 0 aliphatic carbocycles. The standard InChI is InChI=1S/C13H9BrClN3O/c1-19-11-3-2-8(15)5-9(11)12-17-10-4-7(14)6-16-13(10)18-12/h2-6H,1H3,(H,16,17,18). The van der Waals surface area contributed by atoms with E-state index in [4.69, 9.17) is 16.3 Å². The Labute approximate surface area is 122 Å². The number of imidazole rings is 1. The maximum absolute atomic E-state index is 6.03. The number of pyridine rings is 1. The SMILES string of the molecule is COc1ccc(Cl)cc1-c1nc2ncc(Br)cc2[nH]1. The Kier molecular flexibility index (Phi) is 3.16. The van der Waals surface area contributed by atoms with Gasteiger partial charge in [-0.1, -0.05) is 11.6 Å². The molecule has 0 saturated heterocycles. The highest BCUT2D eigenvalue weighted by atomic mass is 79.9. The van der Waals surface area contributed by atoms with Gasteiger partial charge in [0.15, 0.2) is 5.65 Å². The number of ether oxygens (including phenoxy) is 1. The highest BCUT2D eigenvalue weighted by Gasteiger charge is 2.12. The molecular weight excluding hydrogens is 330 g/mol. The van der Waals surface area contributed by atoms with E-state index in [0.29, 0.717) is 22.2 Å². The van der Waals surface area contributed by atoms with Crippen molar-refractivity contribution in [1.29, 1.82) is 0 Å². The summed E-state index contributed by atoms with van der Waals surface area (Å²) >= 11 is 9.41. The summed E-state index contributed by atoms with van der Waals surface area (Å²) in [4.78, 5) is 11.9. The summed E-state index contributed by atoms with van der Waals surface area (Å²) in [5.74, 6) is 1.39. The molecule has 0 fully saturated rings. The minimum atomic E-state index is 0.630. The highest BCUT2D eigenvalue weighted by molar-refractivity contribution is 9.10. The van der Waals surface area contributed by atoms with Gasteiger partial charge in [0, 0.05) is 15.7 Å². The van der Waals surface area contributed by atoms with Crippen LogP contribution in [0.15, 0.2) is 34.9 Å². The molecule has 0 bridgehead atoms. The van der Waals surface area contributed by atoms with Gasteiger partial charge in [-0.3, -0.25) is 0 Å². The van der Waals surface area contributed by atoms with E-state index in [9.17, 15) is 0 Å². The van der Waals surface area contributed by atoms with Gasteiger partial charge in [-0.25, -0.2) is 9.97 Å². The molecule has 0 aliphatic heterocycles.